The average molecular weight is 381 g/mol. The summed E-state index contributed by atoms with van der Waals surface area (Å²) in [4.78, 5) is 12.2. The molecule has 1 amide bonds. The number of aryl methyl sites for hydroxylation is 3. The monoisotopic (exact) mass is 380 g/mol. The minimum absolute atomic E-state index is 0.00516. The second-order valence-corrected chi connectivity index (χ2v) is 7.41. The first-order chi connectivity index (χ1) is 13.1. The van der Waals surface area contributed by atoms with Crippen LogP contribution in [0.5, 0.6) is 0 Å². The lowest BCUT2D eigenvalue weighted by Crippen LogP contribution is -2.27. The Morgan fingerprint density at radius 1 is 1.00 bits per heavy atom. The number of aromatic nitrogens is 3. The van der Waals surface area contributed by atoms with E-state index in [-0.39, 0.29) is 5.91 Å². The maximum Gasteiger partial charge on any atom is 0.230 e. The molecular weight excluding hydrogens is 356 g/mol. The van der Waals surface area contributed by atoms with E-state index in [1.165, 1.54) is 22.9 Å². The van der Waals surface area contributed by atoms with Crippen LogP contribution >= 0.6 is 11.8 Å². The van der Waals surface area contributed by atoms with Gasteiger partial charge in [0, 0.05) is 6.54 Å². The van der Waals surface area contributed by atoms with Crippen molar-refractivity contribution in [1.29, 1.82) is 0 Å². The van der Waals surface area contributed by atoms with Crippen LogP contribution in [-0.2, 0) is 11.2 Å². The smallest absolute Gasteiger partial charge is 0.230 e. The first-order valence-corrected chi connectivity index (χ1v) is 9.97. The quantitative estimate of drug-likeness (QED) is 0.636. The van der Waals surface area contributed by atoms with Gasteiger partial charge < -0.3 is 5.32 Å². The number of para-hydroxylation sites is 1. The van der Waals surface area contributed by atoms with Crippen LogP contribution < -0.4 is 5.32 Å². The number of carbonyl (C=O) groups excluding carboxylic acids is 1. The fourth-order valence-electron chi connectivity index (χ4n) is 2.94. The average Bonchev–Trinajstić information content (AvgIpc) is 3.02. The first kappa shape index (κ1) is 19.2. The summed E-state index contributed by atoms with van der Waals surface area (Å²) in [6.07, 6.45) is 0.835. The van der Waals surface area contributed by atoms with E-state index in [0.29, 0.717) is 12.3 Å². The second-order valence-electron chi connectivity index (χ2n) is 6.47. The van der Waals surface area contributed by atoms with Crippen LogP contribution in [-0.4, -0.2) is 33.0 Å². The molecule has 0 fully saturated rings. The normalized spacial score (nSPS) is 10.8. The van der Waals surface area contributed by atoms with Gasteiger partial charge in [0.05, 0.1) is 11.4 Å². The summed E-state index contributed by atoms with van der Waals surface area (Å²) in [6.45, 7) is 6.70. The van der Waals surface area contributed by atoms with Gasteiger partial charge >= 0.3 is 0 Å². The van der Waals surface area contributed by atoms with Gasteiger partial charge in [0.2, 0.25) is 5.91 Å². The van der Waals surface area contributed by atoms with Gasteiger partial charge in [-0.15, -0.1) is 10.2 Å². The number of rotatable bonds is 7. The summed E-state index contributed by atoms with van der Waals surface area (Å²) in [5.74, 6) is 1.13. The molecule has 140 valence electrons. The molecule has 1 heterocycles. The van der Waals surface area contributed by atoms with Crippen LogP contribution in [0.25, 0.3) is 5.69 Å². The van der Waals surface area contributed by atoms with Crippen LogP contribution in [0.4, 0.5) is 0 Å². The maximum absolute atomic E-state index is 12.2. The summed E-state index contributed by atoms with van der Waals surface area (Å²) in [5.41, 5.74) is 4.70. The fourth-order valence-corrected chi connectivity index (χ4v) is 3.76. The Kier molecular flexibility index (Phi) is 6.29. The zero-order chi connectivity index (χ0) is 19.2. The van der Waals surface area contributed by atoms with E-state index in [0.717, 1.165) is 28.7 Å². The summed E-state index contributed by atoms with van der Waals surface area (Å²) >= 11 is 1.41. The standard InChI is InChI=1S/C21H24N4OS/c1-15-8-4-6-10-18(15)12-13-22-20(26)14-27-21-24-23-17(3)25(21)19-11-7-5-9-16(19)2/h4-11H,12-14H2,1-3H3,(H,22,26). The largest absolute Gasteiger partial charge is 0.355 e. The number of hydrogen-bond acceptors (Lipinski definition) is 4. The molecule has 1 N–H and O–H groups in total. The van der Waals surface area contributed by atoms with Gasteiger partial charge in [0.1, 0.15) is 5.82 Å². The number of nitrogens with one attached hydrogen (secondary N) is 1. The lowest BCUT2D eigenvalue weighted by Gasteiger charge is -2.11. The number of amides is 1. The molecule has 27 heavy (non-hydrogen) atoms. The summed E-state index contributed by atoms with van der Waals surface area (Å²) < 4.78 is 2.00. The Labute approximate surface area is 164 Å². The molecule has 0 radical (unpaired) electrons. The van der Waals surface area contributed by atoms with Crippen LogP contribution in [0.1, 0.15) is 22.5 Å². The fraction of sp³-hybridized carbons (Fsp3) is 0.286. The highest BCUT2D eigenvalue weighted by Gasteiger charge is 2.14. The molecule has 2 aromatic carbocycles. The molecule has 3 rings (SSSR count). The summed E-state index contributed by atoms with van der Waals surface area (Å²) in [6, 6.07) is 16.3. The van der Waals surface area contributed by atoms with Crippen LogP contribution in [0.3, 0.4) is 0 Å². The third-order valence-corrected chi connectivity index (χ3v) is 5.39. The molecule has 3 aromatic rings. The van der Waals surface area contributed by atoms with Crippen molar-refractivity contribution in [3.63, 3.8) is 0 Å². The maximum atomic E-state index is 12.2. The van der Waals surface area contributed by atoms with Crippen molar-refractivity contribution in [3.05, 3.63) is 71.0 Å². The first-order valence-electron chi connectivity index (χ1n) is 8.98. The van der Waals surface area contributed by atoms with Crippen LogP contribution in [0.15, 0.2) is 53.7 Å². The minimum atomic E-state index is 0.00516. The SMILES string of the molecule is Cc1ccccc1CCNC(=O)CSc1nnc(C)n1-c1ccccc1C. The van der Waals surface area contributed by atoms with E-state index < -0.39 is 0 Å². The van der Waals surface area contributed by atoms with Gasteiger partial charge in [-0.3, -0.25) is 9.36 Å². The van der Waals surface area contributed by atoms with Gasteiger partial charge in [-0.05, 0) is 49.9 Å². The molecule has 0 bridgehead atoms. The van der Waals surface area contributed by atoms with Gasteiger partial charge in [-0.2, -0.15) is 0 Å². The van der Waals surface area contributed by atoms with E-state index in [1.54, 1.807) is 0 Å². The highest BCUT2D eigenvalue weighted by molar-refractivity contribution is 7.99. The Morgan fingerprint density at radius 2 is 1.70 bits per heavy atom. The summed E-state index contributed by atoms with van der Waals surface area (Å²) in [7, 11) is 0. The third kappa shape index (κ3) is 4.77. The van der Waals surface area contributed by atoms with Crippen molar-refractivity contribution in [2.24, 2.45) is 0 Å². The second kappa shape index (κ2) is 8.86. The highest BCUT2D eigenvalue weighted by Crippen LogP contribution is 2.23. The lowest BCUT2D eigenvalue weighted by atomic mass is 10.1. The van der Waals surface area contributed by atoms with E-state index >= 15 is 0 Å². The van der Waals surface area contributed by atoms with Crippen molar-refractivity contribution in [2.45, 2.75) is 32.3 Å². The molecule has 0 unspecified atom stereocenters. The number of hydrogen-bond donors (Lipinski definition) is 1. The van der Waals surface area contributed by atoms with Gasteiger partial charge in [-0.1, -0.05) is 54.2 Å². The van der Waals surface area contributed by atoms with Crippen molar-refractivity contribution in [1.82, 2.24) is 20.1 Å². The predicted molar refractivity (Wildman–Crippen MR) is 109 cm³/mol. The number of carbonyl (C=O) groups is 1. The highest BCUT2D eigenvalue weighted by atomic mass is 32.2. The number of nitrogens with zero attached hydrogens (tertiary/aromatic N) is 3. The third-order valence-electron chi connectivity index (χ3n) is 4.46. The van der Waals surface area contributed by atoms with E-state index in [1.807, 2.05) is 41.8 Å². The molecule has 1 aromatic heterocycles. The van der Waals surface area contributed by atoms with Gasteiger partial charge in [0.25, 0.3) is 0 Å². The molecule has 0 spiro atoms. The molecular formula is C21H24N4OS. The van der Waals surface area contributed by atoms with E-state index in [2.05, 4.69) is 47.6 Å². The minimum Gasteiger partial charge on any atom is -0.355 e. The molecule has 5 nitrogen and oxygen atoms in total. The van der Waals surface area contributed by atoms with E-state index in [9.17, 15) is 4.79 Å². The Balaban J connectivity index is 1.57. The molecule has 0 saturated carbocycles. The van der Waals surface area contributed by atoms with Crippen LogP contribution in [0.2, 0.25) is 0 Å². The molecule has 0 aliphatic carbocycles. The van der Waals surface area contributed by atoms with E-state index in [4.69, 9.17) is 0 Å². The van der Waals surface area contributed by atoms with Gasteiger partial charge in [0.15, 0.2) is 5.16 Å². The molecule has 0 atom stereocenters. The Bertz CT molecular complexity index is 935. The topological polar surface area (TPSA) is 59.8 Å². The Hall–Kier alpha value is -2.60. The zero-order valence-corrected chi connectivity index (χ0v) is 16.7. The Morgan fingerprint density at radius 3 is 2.44 bits per heavy atom. The lowest BCUT2D eigenvalue weighted by molar-refractivity contribution is -0.118. The van der Waals surface area contributed by atoms with Crippen LogP contribution in [0, 0.1) is 20.8 Å². The zero-order valence-electron chi connectivity index (χ0n) is 15.9. The molecule has 6 heteroatoms. The molecule has 0 aliphatic heterocycles. The number of benzene rings is 2. The van der Waals surface area contributed by atoms with Crippen molar-refractivity contribution in [3.8, 4) is 5.69 Å². The van der Waals surface area contributed by atoms with Crippen molar-refractivity contribution < 1.29 is 4.79 Å². The van der Waals surface area contributed by atoms with Crippen molar-refractivity contribution in [2.75, 3.05) is 12.3 Å². The van der Waals surface area contributed by atoms with Crippen molar-refractivity contribution >= 4 is 17.7 Å². The number of thioether (sulfide) groups is 1. The predicted octanol–water partition coefficient (Wildman–Crippen LogP) is 3.64. The molecule has 0 saturated heterocycles. The molecule has 0 aliphatic rings. The summed E-state index contributed by atoms with van der Waals surface area (Å²) in [5, 5.41) is 12.1. The van der Waals surface area contributed by atoms with Gasteiger partial charge in [-0.25, -0.2) is 0 Å².